The fraction of sp³-hybridized carbons (Fsp3) is 0.667. The van der Waals surface area contributed by atoms with E-state index in [1.165, 1.54) is 31.2 Å². The van der Waals surface area contributed by atoms with Gasteiger partial charge in [0, 0.05) is 18.4 Å². The Hall–Kier alpha value is -0.890. The van der Waals surface area contributed by atoms with Gasteiger partial charge in [0.05, 0.1) is 0 Å². The highest BCUT2D eigenvalue weighted by Crippen LogP contribution is 2.19. The zero-order valence-electron chi connectivity index (χ0n) is 11.4. The maximum Gasteiger partial charge on any atom is 0.0300 e. The lowest BCUT2D eigenvalue weighted by Crippen LogP contribution is -2.35. The Morgan fingerprint density at radius 2 is 2.18 bits per heavy atom. The largest absolute Gasteiger partial charge is 0.316 e. The Kier molecular flexibility index (Phi) is 6.87. The molecule has 2 unspecified atom stereocenters. The number of likely N-dealkylation sites (N-methyl/N-ethyl adjacent to an activating group) is 1. The first-order chi connectivity index (χ1) is 8.31. The minimum atomic E-state index is 0.579. The maximum atomic E-state index is 4.19. The highest BCUT2D eigenvalue weighted by molar-refractivity contribution is 5.10. The summed E-state index contributed by atoms with van der Waals surface area (Å²) >= 11 is 0. The van der Waals surface area contributed by atoms with Crippen LogP contribution >= 0.6 is 0 Å². The van der Waals surface area contributed by atoms with Gasteiger partial charge in [-0.25, -0.2) is 0 Å². The van der Waals surface area contributed by atoms with Crippen LogP contribution < -0.4 is 5.32 Å². The Balaban J connectivity index is 2.56. The predicted molar refractivity (Wildman–Crippen MR) is 74.1 cm³/mol. The van der Waals surface area contributed by atoms with Gasteiger partial charge in [-0.05, 0) is 37.4 Å². The van der Waals surface area contributed by atoms with E-state index in [1.54, 1.807) is 0 Å². The Labute approximate surface area is 106 Å². The van der Waals surface area contributed by atoms with Gasteiger partial charge in [0.1, 0.15) is 0 Å². The van der Waals surface area contributed by atoms with Crippen molar-refractivity contribution in [1.82, 2.24) is 10.3 Å². The summed E-state index contributed by atoms with van der Waals surface area (Å²) in [6, 6.07) is 4.77. The number of aromatic nitrogens is 1. The summed E-state index contributed by atoms with van der Waals surface area (Å²) in [6.45, 7) is 4.57. The highest BCUT2D eigenvalue weighted by Gasteiger charge is 2.18. The number of nitrogens with zero attached hydrogens (tertiary/aromatic N) is 1. The molecule has 1 rings (SSSR count). The molecule has 0 aliphatic carbocycles. The van der Waals surface area contributed by atoms with Crippen molar-refractivity contribution in [2.45, 2.75) is 52.0 Å². The number of unbranched alkanes of at least 4 members (excludes halogenated alkanes) is 1. The molecule has 0 aliphatic rings. The molecule has 0 saturated carbocycles. The molecule has 17 heavy (non-hydrogen) atoms. The summed E-state index contributed by atoms with van der Waals surface area (Å²) in [7, 11) is 2.08. The highest BCUT2D eigenvalue weighted by atomic mass is 14.9. The van der Waals surface area contributed by atoms with Crippen LogP contribution in [0.4, 0.5) is 0 Å². The lowest BCUT2D eigenvalue weighted by Gasteiger charge is -2.26. The third kappa shape index (κ3) is 4.86. The molecule has 1 N–H and O–H groups in total. The van der Waals surface area contributed by atoms with Crippen LogP contribution in [0.2, 0.25) is 0 Å². The molecule has 0 saturated heterocycles. The third-order valence-electron chi connectivity index (χ3n) is 3.57. The smallest absolute Gasteiger partial charge is 0.0300 e. The van der Waals surface area contributed by atoms with Crippen molar-refractivity contribution in [1.29, 1.82) is 0 Å². The average molecular weight is 234 g/mol. The average Bonchev–Trinajstić information content (AvgIpc) is 2.39. The molecular weight excluding hydrogens is 208 g/mol. The quantitative estimate of drug-likeness (QED) is 0.745. The van der Waals surface area contributed by atoms with Crippen LogP contribution in [-0.2, 0) is 6.42 Å². The van der Waals surface area contributed by atoms with Crippen molar-refractivity contribution in [3.05, 3.63) is 30.1 Å². The molecule has 2 atom stereocenters. The van der Waals surface area contributed by atoms with E-state index in [0.29, 0.717) is 6.04 Å². The fourth-order valence-electron chi connectivity index (χ4n) is 2.43. The molecule has 0 bridgehead atoms. The van der Waals surface area contributed by atoms with Crippen LogP contribution in [0, 0.1) is 5.92 Å². The van der Waals surface area contributed by atoms with Gasteiger partial charge in [-0.1, -0.05) is 39.2 Å². The molecule has 0 aromatic carbocycles. The van der Waals surface area contributed by atoms with Crippen LogP contribution in [0.3, 0.4) is 0 Å². The molecule has 1 aromatic rings. The second kappa shape index (κ2) is 8.24. The molecular formula is C15H26N2. The zero-order valence-corrected chi connectivity index (χ0v) is 11.4. The zero-order chi connectivity index (χ0) is 12.5. The summed E-state index contributed by atoms with van der Waals surface area (Å²) in [5.74, 6) is 0.778. The molecule has 0 spiro atoms. The monoisotopic (exact) mass is 234 g/mol. The maximum absolute atomic E-state index is 4.19. The van der Waals surface area contributed by atoms with Crippen molar-refractivity contribution in [3.8, 4) is 0 Å². The Morgan fingerprint density at radius 1 is 1.35 bits per heavy atom. The van der Waals surface area contributed by atoms with E-state index in [2.05, 4.69) is 37.3 Å². The first-order valence-electron chi connectivity index (χ1n) is 6.87. The van der Waals surface area contributed by atoms with E-state index in [1.807, 2.05) is 18.5 Å². The van der Waals surface area contributed by atoms with Gasteiger partial charge in [0.25, 0.3) is 0 Å². The van der Waals surface area contributed by atoms with Gasteiger partial charge in [-0.15, -0.1) is 0 Å². The van der Waals surface area contributed by atoms with Crippen molar-refractivity contribution < 1.29 is 0 Å². The molecule has 96 valence electrons. The summed E-state index contributed by atoms with van der Waals surface area (Å²) in [6.07, 6.45) is 10.1. The van der Waals surface area contributed by atoms with E-state index in [4.69, 9.17) is 0 Å². The van der Waals surface area contributed by atoms with Gasteiger partial charge in [-0.2, -0.15) is 0 Å². The summed E-state index contributed by atoms with van der Waals surface area (Å²) < 4.78 is 0. The van der Waals surface area contributed by atoms with Gasteiger partial charge >= 0.3 is 0 Å². The Bertz CT molecular complexity index is 284. The molecule has 0 amide bonds. The topological polar surface area (TPSA) is 24.9 Å². The summed E-state index contributed by atoms with van der Waals surface area (Å²) in [4.78, 5) is 4.19. The second-order valence-electron chi connectivity index (χ2n) is 4.77. The molecule has 0 aliphatic heterocycles. The van der Waals surface area contributed by atoms with Gasteiger partial charge < -0.3 is 5.32 Å². The van der Waals surface area contributed by atoms with E-state index in [0.717, 1.165) is 12.3 Å². The summed E-state index contributed by atoms with van der Waals surface area (Å²) in [5, 5.41) is 3.48. The number of pyridine rings is 1. The normalized spacial score (nSPS) is 14.5. The molecule has 0 radical (unpaired) electrons. The van der Waals surface area contributed by atoms with Crippen molar-refractivity contribution in [2.75, 3.05) is 7.05 Å². The van der Waals surface area contributed by atoms with E-state index < -0.39 is 0 Å². The third-order valence-corrected chi connectivity index (χ3v) is 3.57. The van der Waals surface area contributed by atoms with E-state index >= 15 is 0 Å². The number of rotatable bonds is 8. The molecule has 0 fully saturated rings. The van der Waals surface area contributed by atoms with Crippen molar-refractivity contribution >= 4 is 0 Å². The first kappa shape index (κ1) is 14.2. The van der Waals surface area contributed by atoms with Crippen LogP contribution in [0.15, 0.2) is 24.5 Å². The number of hydrogen-bond donors (Lipinski definition) is 1. The minimum absolute atomic E-state index is 0.579. The van der Waals surface area contributed by atoms with Gasteiger partial charge in [0.15, 0.2) is 0 Å². The molecule has 2 nitrogen and oxygen atoms in total. The molecule has 2 heteroatoms. The fourth-order valence-corrected chi connectivity index (χ4v) is 2.43. The van der Waals surface area contributed by atoms with Gasteiger partial charge in [-0.3, -0.25) is 4.98 Å². The van der Waals surface area contributed by atoms with Crippen LogP contribution in [0.1, 0.15) is 45.1 Å². The van der Waals surface area contributed by atoms with Crippen LogP contribution in [0.25, 0.3) is 0 Å². The van der Waals surface area contributed by atoms with Crippen LogP contribution in [0.5, 0.6) is 0 Å². The lowest BCUT2D eigenvalue weighted by atomic mass is 9.88. The standard InChI is InChI=1S/C15H26N2/c1-4-6-9-14(5-2)15(16-3)11-13-8-7-10-17-12-13/h7-8,10,12,14-16H,4-6,9,11H2,1-3H3. The summed E-state index contributed by atoms with van der Waals surface area (Å²) in [5.41, 5.74) is 1.33. The van der Waals surface area contributed by atoms with Crippen LogP contribution in [-0.4, -0.2) is 18.1 Å². The number of nitrogens with one attached hydrogen (secondary N) is 1. The Morgan fingerprint density at radius 3 is 2.71 bits per heavy atom. The van der Waals surface area contributed by atoms with Crippen molar-refractivity contribution in [3.63, 3.8) is 0 Å². The van der Waals surface area contributed by atoms with Gasteiger partial charge in [0.2, 0.25) is 0 Å². The SMILES string of the molecule is CCCCC(CC)C(Cc1cccnc1)NC. The minimum Gasteiger partial charge on any atom is -0.316 e. The van der Waals surface area contributed by atoms with E-state index in [9.17, 15) is 0 Å². The predicted octanol–water partition coefficient (Wildman–Crippen LogP) is 3.43. The van der Waals surface area contributed by atoms with Crippen molar-refractivity contribution in [2.24, 2.45) is 5.92 Å². The molecule has 1 aromatic heterocycles. The van der Waals surface area contributed by atoms with E-state index in [-0.39, 0.29) is 0 Å². The first-order valence-corrected chi connectivity index (χ1v) is 6.87. The molecule has 1 heterocycles. The number of hydrogen-bond acceptors (Lipinski definition) is 2. The lowest BCUT2D eigenvalue weighted by molar-refractivity contribution is 0.330. The second-order valence-corrected chi connectivity index (χ2v) is 4.77.